The summed E-state index contributed by atoms with van der Waals surface area (Å²) in [6, 6.07) is 12.8. The van der Waals surface area contributed by atoms with E-state index in [4.69, 9.17) is 4.74 Å². The predicted octanol–water partition coefficient (Wildman–Crippen LogP) is 6.87. The molecule has 0 saturated heterocycles. The highest BCUT2D eigenvalue weighted by Gasteiger charge is 2.36. The average molecular weight is 559 g/mol. The van der Waals surface area contributed by atoms with Crippen LogP contribution in [0.1, 0.15) is 11.1 Å². The number of aliphatic imine (C=N–C) groups is 1. The Morgan fingerprint density at radius 3 is 2.16 bits per heavy atom. The predicted molar refractivity (Wildman–Crippen MR) is 139 cm³/mol. The summed E-state index contributed by atoms with van der Waals surface area (Å²) in [4.78, 5) is 8.09. The molecule has 38 heavy (non-hydrogen) atoms. The topological polar surface area (TPSA) is 58.5 Å². The van der Waals surface area contributed by atoms with E-state index in [-0.39, 0.29) is 5.13 Å². The van der Waals surface area contributed by atoms with Crippen molar-refractivity contribution in [1.29, 1.82) is 0 Å². The Bertz CT molecular complexity index is 1210. The quantitative estimate of drug-likeness (QED) is 0.145. The lowest BCUT2D eigenvalue weighted by Crippen LogP contribution is -2.57. The van der Waals surface area contributed by atoms with E-state index in [9.17, 15) is 26.3 Å². The molecule has 5 nitrogen and oxygen atoms in total. The van der Waals surface area contributed by atoms with Crippen molar-refractivity contribution in [3.8, 4) is 22.8 Å². The number of halogens is 6. The zero-order valence-electron chi connectivity index (χ0n) is 20.8. The molecule has 0 bridgehead atoms. The van der Waals surface area contributed by atoms with E-state index in [1.165, 1.54) is 0 Å². The van der Waals surface area contributed by atoms with Crippen molar-refractivity contribution in [2.45, 2.75) is 24.9 Å². The smallest absolute Gasteiger partial charge is 0.199 e. The molecular weight excluding hydrogens is 530 g/mol. The Morgan fingerprint density at radius 1 is 0.895 bits per heavy atom. The first-order chi connectivity index (χ1) is 18.3. The maximum absolute atomic E-state index is 13.5. The van der Waals surface area contributed by atoms with Crippen LogP contribution in [-0.4, -0.2) is 62.1 Å². The van der Waals surface area contributed by atoms with Crippen LogP contribution < -0.4 is 15.4 Å². The Kier molecular flexibility index (Phi) is 10.0. The number of aryl methyl sites for hydroxylation is 2. The fourth-order valence-electron chi connectivity index (χ4n) is 3.34. The van der Waals surface area contributed by atoms with E-state index in [2.05, 4.69) is 20.6 Å². The Balaban J connectivity index is 1.94. The van der Waals surface area contributed by atoms with E-state index in [1.807, 2.05) is 32.0 Å². The number of nitrogens with zero attached hydrogens (tertiary/aromatic N) is 2. The second kappa shape index (κ2) is 13.0. The number of aromatic nitrogens is 1. The van der Waals surface area contributed by atoms with Crippen molar-refractivity contribution >= 4 is 22.4 Å². The van der Waals surface area contributed by atoms with E-state index >= 15 is 0 Å². The number of rotatable bonds is 12. The number of para-hydroxylation sites is 1. The van der Waals surface area contributed by atoms with Gasteiger partial charge in [0.1, 0.15) is 62.6 Å². The van der Waals surface area contributed by atoms with Gasteiger partial charge >= 0.3 is 0 Å². The van der Waals surface area contributed by atoms with Gasteiger partial charge in [0.15, 0.2) is 11.1 Å². The maximum Gasteiger partial charge on any atom is 0.199 e. The molecule has 1 heterocycles. The number of hydrogen-bond donors (Lipinski definition) is 2. The van der Waals surface area contributed by atoms with E-state index < -0.39 is 57.1 Å². The third-order valence-corrected chi connectivity index (χ3v) is 6.45. The minimum absolute atomic E-state index is 0.0866. The zero-order valence-corrected chi connectivity index (χ0v) is 21.7. The van der Waals surface area contributed by atoms with E-state index in [0.717, 1.165) is 22.5 Å². The molecule has 1 aromatic heterocycles. The molecule has 0 aliphatic rings. The van der Waals surface area contributed by atoms with Gasteiger partial charge in [0, 0.05) is 10.9 Å². The first-order valence-corrected chi connectivity index (χ1v) is 12.5. The van der Waals surface area contributed by atoms with Gasteiger partial charge in [0.25, 0.3) is 0 Å². The lowest BCUT2D eigenvalue weighted by molar-refractivity contribution is 0.171. The highest BCUT2D eigenvalue weighted by Crippen LogP contribution is 2.36. The Hall–Kier alpha value is -3.28. The van der Waals surface area contributed by atoms with E-state index in [0.29, 0.717) is 22.8 Å². The van der Waals surface area contributed by atoms with Crippen molar-refractivity contribution in [1.82, 2.24) is 10.3 Å². The first kappa shape index (κ1) is 29.3. The molecule has 0 fully saturated rings. The summed E-state index contributed by atoms with van der Waals surface area (Å²) < 4.78 is 87.2. The largest absolute Gasteiger partial charge is 0.456 e. The van der Waals surface area contributed by atoms with Crippen LogP contribution >= 0.6 is 11.3 Å². The van der Waals surface area contributed by atoms with Gasteiger partial charge in [0.05, 0.1) is 5.69 Å². The number of benzene rings is 2. The van der Waals surface area contributed by atoms with Gasteiger partial charge in [-0.2, -0.15) is 0 Å². The highest BCUT2D eigenvalue weighted by molar-refractivity contribution is 7.14. The summed E-state index contributed by atoms with van der Waals surface area (Å²) in [6.45, 7) is -5.21. The summed E-state index contributed by atoms with van der Waals surface area (Å²) in [5.41, 5.74) is -1.76. The van der Waals surface area contributed by atoms with Gasteiger partial charge in [-0.25, -0.2) is 36.3 Å². The molecule has 0 unspecified atom stereocenters. The molecular formula is C26H28F6N4OS. The fraction of sp³-hybridized carbons (Fsp3) is 0.385. The number of hydrogen-bond acceptors (Lipinski definition) is 4. The molecule has 3 aromatic rings. The normalized spacial score (nSPS) is 12.5. The molecule has 0 amide bonds. The summed E-state index contributed by atoms with van der Waals surface area (Å²) in [5.74, 6) is 0.530. The molecule has 2 aromatic carbocycles. The van der Waals surface area contributed by atoms with Gasteiger partial charge < -0.3 is 15.4 Å². The van der Waals surface area contributed by atoms with Crippen LogP contribution in [0.5, 0.6) is 11.5 Å². The SMILES string of the molecule is Cc1ccc(Oc2ccccc2-c2csc(NC(=NC(CF)(CF)CF)NC(CF)(CF)CF)n2)c(C)c1. The van der Waals surface area contributed by atoms with Crippen LogP contribution in [0, 0.1) is 13.8 Å². The van der Waals surface area contributed by atoms with Crippen molar-refractivity contribution < 1.29 is 31.1 Å². The molecule has 0 aliphatic heterocycles. The lowest BCUT2D eigenvalue weighted by atomic mass is 10.1. The minimum Gasteiger partial charge on any atom is -0.456 e. The van der Waals surface area contributed by atoms with Crippen LogP contribution in [0.2, 0.25) is 0 Å². The van der Waals surface area contributed by atoms with Crippen molar-refractivity contribution in [2.75, 3.05) is 45.4 Å². The van der Waals surface area contributed by atoms with Crippen molar-refractivity contribution in [3.63, 3.8) is 0 Å². The molecule has 0 spiro atoms. The van der Waals surface area contributed by atoms with Gasteiger partial charge in [-0.15, -0.1) is 11.3 Å². The third-order valence-electron chi connectivity index (χ3n) is 5.69. The van der Waals surface area contributed by atoms with Crippen LogP contribution in [-0.2, 0) is 0 Å². The van der Waals surface area contributed by atoms with Crippen LogP contribution in [0.4, 0.5) is 31.5 Å². The molecule has 0 saturated carbocycles. The summed E-state index contributed by atoms with van der Waals surface area (Å²) in [5, 5.41) is 6.49. The molecule has 2 N–H and O–H groups in total. The summed E-state index contributed by atoms with van der Waals surface area (Å²) >= 11 is 1.03. The molecule has 12 heteroatoms. The van der Waals surface area contributed by atoms with Crippen LogP contribution in [0.3, 0.4) is 0 Å². The molecule has 3 rings (SSSR count). The second-order valence-electron chi connectivity index (χ2n) is 8.92. The molecule has 206 valence electrons. The first-order valence-electron chi connectivity index (χ1n) is 11.6. The molecule has 0 aliphatic carbocycles. The molecule has 0 radical (unpaired) electrons. The average Bonchev–Trinajstić information content (AvgIpc) is 3.40. The number of thiazole rings is 1. The number of ether oxygens (including phenoxy) is 1. The maximum atomic E-state index is 13.5. The monoisotopic (exact) mass is 558 g/mol. The van der Waals surface area contributed by atoms with Crippen LogP contribution in [0.15, 0.2) is 52.8 Å². The van der Waals surface area contributed by atoms with Gasteiger partial charge in [-0.05, 0) is 37.6 Å². The second-order valence-corrected chi connectivity index (χ2v) is 9.78. The minimum atomic E-state index is -2.46. The van der Waals surface area contributed by atoms with Gasteiger partial charge in [-0.1, -0.05) is 29.8 Å². The Labute approximate surface area is 221 Å². The standard InChI is InChI=1S/C26H28F6N4OS/c1-17-7-8-21(18(2)9-17)37-22-6-4-3-5-19(22)20-10-38-24(33-20)34-23(35-25(11-27,12-28)13-29)36-26(14-30,15-31)16-32/h3-10H,11-16H2,1-2H3,(H2,33,34,35,36). The van der Waals surface area contributed by atoms with Crippen molar-refractivity contribution in [3.05, 3.63) is 59.0 Å². The Morgan fingerprint density at radius 2 is 1.55 bits per heavy atom. The number of anilines is 1. The van der Waals surface area contributed by atoms with E-state index in [1.54, 1.807) is 29.6 Å². The summed E-state index contributed by atoms with van der Waals surface area (Å²) in [7, 11) is 0. The van der Waals surface area contributed by atoms with Crippen molar-refractivity contribution in [2.24, 2.45) is 4.99 Å². The van der Waals surface area contributed by atoms with Crippen LogP contribution in [0.25, 0.3) is 11.3 Å². The number of guanidine groups is 1. The number of alkyl halides is 6. The summed E-state index contributed by atoms with van der Waals surface area (Å²) in [6.07, 6.45) is 0. The molecule has 0 atom stereocenters. The zero-order chi connectivity index (χ0) is 27.8. The third kappa shape index (κ3) is 6.77. The number of nitrogens with one attached hydrogen (secondary N) is 2. The highest BCUT2D eigenvalue weighted by atomic mass is 32.1. The lowest BCUT2D eigenvalue weighted by Gasteiger charge is -2.29. The van der Waals surface area contributed by atoms with Gasteiger partial charge in [-0.3, -0.25) is 0 Å². The fourth-order valence-corrected chi connectivity index (χ4v) is 4.04. The van der Waals surface area contributed by atoms with Gasteiger partial charge in [0.2, 0.25) is 0 Å².